The van der Waals surface area contributed by atoms with Crippen molar-refractivity contribution in [1.29, 1.82) is 0 Å². The predicted octanol–water partition coefficient (Wildman–Crippen LogP) is 3.89. The van der Waals surface area contributed by atoms with Crippen LogP contribution in [0.1, 0.15) is 24.2 Å². The van der Waals surface area contributed by atoms with Crippen LogP contribution in [0.25, 0.3) is 0 Å². The van der Waals surface area contributed by atoms with Gasteiger partial charge in [-0.1, -0.05) is 12.1 Å². The topological polar surface area (TPSA) is 72.6 Å². The molecular formula is C15H14FNO4. The van der Waals surface area contributed by atoms with Crippen molar-refractivity contribution in [2.75, 3.05) is 0 Å². The maximum absolute atomic E-state index is 13.7. The fraction of sp³-hybridized carbons (Fsp3) is 0.200. The molecule has 0 saturated carbocycles. The van der Waals surface area contributed by atoms with Crippen molar-refractivity contribution >= 4 is 5.69 Å². The Labute approximate surface area is 120 Å². The van der Waals surface area contributed by atoms with Gasteiger partial charge >= 0.3 is 5.69 Å². The number of hydrogen-bond acceptors (Lipinski definition) is 4. The van der Waals surface area contributed by atoms with Gasteiger partial charge in [0.05, 0.1) is 11.0 Å². The number of aryl methyl sites for hydroxylation is 1. The van der Waals surface area contributed by atoms with Crippen molar-refractivity contribution in [1.82, 2.24) is 0 Å². The van der Waals surface area contributed by atoms with Crippen LogP contribution in [0.2, 0.25) is 0 Å². The standard InChI is InChI=1S/C15H14FNO4/c1-9-3-5-12(16)15(7-9)21-14-6-4-11(10(2)18)8-13(14)17(19)20/h3-8,10,18H,1-2H3. The van der Waals surface area contributed by atoms with Gasteiger partial charge in [0.15, 0.2) is 11.6 Å². The van der Waals surface area contributed by atoms with Crippen LogP contribution in [-0.2, 0) is 0 Å². The summed E-state index contributed by atoms with van der Waals surface area (Å²) in [6.07, 6.45) is -0.839. The van der Waals surface area contributed by atoms with Gasteiger partial charge in [-0.15, -0.1) is 0 Å². The molecule has 6 heteroatoms. The molecule has 0 bridgehead atoms. The first-order chi connectivity index (χ1) is 9.88. The molecule has 2 rings (SSSR count). The minimum atomic E-state index is -0.839. The second-order valence-electron chi connectivity index (χ2n) is 4.70. The summed E-state index contributed by atoms with van der Waals surface area (Å²) < 4.78 is 19.0. The Morgan fingerprint density at radius 1 is 1.24 bits per heavy atom. The van der Waals surface area contributed by atoms with Crippen molar-refractivity contribution in [3.05, 3.63) is 63.5 Å². The van der Waals surface area contributed by atoms with E-state index < -0.39 is 16.8 Å². The van der Waals surface area contributed by atoms with Gasteiger partial charge in [0.2, 0.25) is 5.75 Å². The Bertz CT molecular complexity index is 685. The molecule has 0 spiro atoms. The predicted molar refractivity (Wildman–Crippen MR) is 74.9 cm³/mol. The fourth-order valence-corrected chi connectivity index (χ4v) is 1.83. The summed E-state index contributed by atoms with van der Waals surface area (Å²) in [6.45, 7) is 3.26. The maximum atomic E-state index is 13.7. The average Bonchev–Trinajstić information content (AvgIpc) is 2.42. The third-order valence-corrected chi connectivity index (χ3v) is 2.97. The Morgan fingerprint density at radius 3 is 2.57 bits per heavy atom. The molecule has 0 aliphatic heterocycles. The molecule has 2 aromatic carbocycles. The number of nitro benzene ring substituents is 1. The van der Waals surface area contributed by atoms with Crippen LogP contribution in [-0.4, -0.2) is 10.0 Å². The van der Waals surface area contributed by atoms with Gasteiger partial charge in [-0.3, -0.25) is 10.1 Å². The van der Waals surface area contributed by atoms with E-state index in [2.05, 4.69) is 0 Å². The van der Waals surface area contributed by atoms with Crippen molar-refractivity contribution in [3.8, 4) is 11.5 Å². The number of aliphatic hydroxyl groups is 1. The summed E-state index contributed by atoms with van der Waals surface area (Å²) in [5, 5.41) is 20.6. The van der Waals surface area contributed by atoms with E-state index in [1.807, 2.05) is 0 Å². The van der Waals surface area contributed by atoms with E-state index in [0.29, 0.717) is 5.56 Å². The van der Waals surface area contributed by atoms with Gasteiger partial charge < -0.3 is 9.84 Å². The SMILES string of the molecule is Cc1ccc(F)c(Oc2ccc(C(C)O)cc2[N+](=O)[O-])c1. The highest BCUT2D eigenvalue weighted by Crippen LogP contribution is 2.34. The van der Waals surface area contributed by atoms with Crippen molar-refractivity contribution in [2.45, 2.75) is 20.0 Å². The lowest BCUT2D eigenvalue weighted by atomic mass is 10.1. The molecule has 1 unspecified atom stereocenters. The molecule has 0 radical (unpaired) electrons. The van der Waals surface area contributed by atoms with E-state index in [-0.39, 0.29) is 17.2 Å². The maximum Gasteiger partial charge on any atom is 0.311 e. The lowest BCUT2D eigenvalue weighted by Crippen LogP contribution is -1.98. The zero-order valence-electron chi connectivity index (χ0n) is 11.5. The molecule has 2 aromatic rings. The summed E-state index contributed by atoms with van der Waals surface area (Å²) in [5.74, 6) is -0.758. The average molecular weight is 291 g/mol. The van der Waals surface area contributed by atoms with E-state index >= 15 is 0 Å². The van der Waals surface area contributed by atoms with Gasteiger partial charge in [0.25, 0.3) is 0 Å². The first-order valence-electron chi connectivity index (χ1n) is 6.29. The number of nitrogens with zero attached hydrogens (tertiary/aromatic N) is 1. The summed E-state index contributed by atoms with van der Waals surface area (Å²) in [4.78, 5) is 10.5. The van der Waals surface area contributed by atoms with Crippen LogP contribution in [0.3, 0.4) is 0 Å². The summed E-state index contributed by atoms with van der Waals surface area (Å²) in [5.41, 5.74) is 0.836. The van der Waals surface area contributed by atoms with Crippen LogP contribution in [0.5, 0.6) is 11.5 Å². The number of ether oxygens (including phenoxy) is 1. The van der Waals surface area contributed by atoms with Gasteiger partial charge in [0.1, 0.15) is 0 Å². The minimum Gasteiger partial charge on any atom is -0.447 e. The van der Waals surface area contributed by atoms with Crippen molar-refractivity contribution in [2.24, 2.45) is 0 Å². The summed E-state index contributed by atoms with van der Waals surface area (Å²) in [6, 6.07) is 8.34. The second-order valence-corrected chi connectivity index (χ2v) is 4.70. The monoisotopic (exact) mass is 291 g/mol. The first kappa shape index (κ1) is 14.9. The summed E-state index contributed by atoms with van der Waals surface area (Å²) in [7, 11) is 0. The van der Waals surface area contributed by atoms with Crippen LogP contribution in [0.15, 0.2) is 36.4 Å². The third kappa shape index (κ3) is 3.35. The van der Waals surface area contributed by atoms with Crippen LogP contribution >= 0.6 is 0 Å². The number of halogens is 1. The third-order valence-electron chi connectivity index (χ3n) is 2.97. The molecule has 110 valence electrons. The van der Waals surface area contributed by atoms with E-state index in [4.69, 9.17) is 4.74 Å². The largest absolute Gasteiger partial charge is 0.447 e. The first-order valence-corrected chi connectivity index (χ1v) is 6.29. The second kappa shape index (κ2) is 5.88. The number of nitro groups is 1. The molecule has 0 saturated heterocycles. The molecular weight excluding hydrogens is 277 g/mol. The Balaban J connectivity index is 2.44. The molecule has 21 heavy (non-hydrogen) atoms. The zero-order chi connectivity index (χ0) is 15.6. The zero-order valence-corrected chi connectivity index (χ0v) is 11.5. The quantitative estimate of drug-likeness (QED) is 0.685. The molecule has 0 heterocycles. The molecule has 5 nitrogen and oxygen atoms in total. The van der Waals surface area contributed by atoms with Gasteiger partial charge in [-0.2, -0.15) is 0 Å². The number of hydrogen-bond donors (Lipinski definition) is 1. The van der Waals surface area contributed by atoms with Crippen molar-refractivity contribution < 1.29 is 19.2 Å². The van der Waals surface area contributed by atoms with Gasteiger partial charge in [-0.05, 0) is 43.2 Å². The molecule has 0 aliphatic rings. The van der Waals surface area contributed by atoms with Gasteiger partial charge in [0, 0.05) is 6.07 Å². The Hall–Kier alpha value is -2.47. The Morgan fingerprint density at radius 2 is 1.95 bits per heavy atom. The lowest BCUT2D eigenvalue weighted by Gasteiger charge is -2.10. The van der Waals surface area contributed by atoms with E-state index in [9.17, 15) is 19.6 Å². The van der Waals surface area contributed by atoms with E-state index in [0.717, 1.165) is 5.56 Å². The number of rotatable bonds is 4. The number of aliphatic hydroxyl groups excluding tert-OH is 1. The molecule has 0 fully saturated rings. The smallest absolute Gasteiger partial charge is 0.311 e. The Kier molecular flexibility index (Phi) is 4.18. The highest BCUT2D eigenvalue weighted by Gasteiger charge is 2.19. The van der Waals surface area contributed by atoms with Gasteiger partial charge in [-0.25, -0.2) is 4.39 Å². The molecule has 1 atom stereocenters. The number of benzene rings is 2. The lowest BCUT2D eigenvalue weighted by molar-refractivity contribution is -0.385. The molecule has 0 aromatic heterocycles. The normalized spacial score (nSPS) is 12.0. The van der Waals surface area contributed by atoms with E-state index in [1.165, 1.54) is 37.3 Å². The highest BCUT2D eigenvalue weighted by atomic mass is 19.1. The minimum absolute atomic E-state index is 0.0751. The van der Waals surface area contributed by atoms with E-state index in [1.54, 1.807) is 13.0 Å². The van der Waals surface area contributed by atoms with Crippen LogP contribution < -0.4 is 4.74 Å². The molecule has 1 N–H and O–H groups in total. The van der Waals surface area contributed by atoms with Crippen LogP contribution in [0.4, 0.5) is 10.1 Å². The summed E-state index contributed by atoms with van der Waals surface area (Å²) >= 11 is 0. The highest BCUT2D eigenvalue weighted by molar-refractivity contribution is 5.51. The fourth-order valence-electron chi connectivity index (χ4n) is 1.83. The molecule has 0 amide bonds. The van der Waals surface area contributed by atoms with Crippen LogP contribution in [0, 0.1) is 22.9 Å². The molecule has 0 aliphatic carbocycles. The van der Waals surface area contributed by atoms with Crippen molar-refractivity contribution in [3.63, 3.8) is 0 Å².